The van der Waals surface area contributed by atoms with Crippen LogP contribution in [0.3, 0.4) is 0 Å². The Hall–Kier alpha value is -1.91. The molecule has 0 bridgehead atoms. The molecule has 19 heavy (non-hydrogen) atoms. The quantitative estimate of drug-likeness (QED) is 0.930. The van der Waals surface area contributed by atoms with Gasteiger partial charge < -0.3 is 0 Å². The Morgan fingerprint density at radius 2 is 1.47 bits per heavy atom. The van der Waals surface area contributed by atoms with Crippen LogP contribution >= 0.6 is 0 Å². The number of primary sulfonamides is 1. The van der Waals surface area contributed by atoms with Crippen LogP contribution in [0, 0.1) is 0 Å². The standard InChI is InChI=1S/C15H15NO2S/c16-19(17,18)11-10-13-6-8-15(9-7-13)12-14-4-2-1-3-5-14/h1-11H,12H2,(H2,16,17,18)/b11-10+. The monoisotopic (exact) mass is 273 g/mol. The van der Waals surface area contributed by atoms with Crippen molar-refractivity contribution in [3.05, 3.63) is 76.7 Å². The van der Waals surface area contributed by atoms with Gasteiger partial charge in [0.2, 0.25) is 10.0 Å². The molecular formula is C15H15NO2S. The smallest absolute Gasteiger partial charge is 0.225 e. The number of sulfonamides is 1. The molecule has 0 atom stereocenters. The Morgan fingerprint density at radius 3 is 2.05 bits per heavy atom. The van der Waals surface area contributed by atoms with E-state index in [9.17, 15) is 8.42 Å². The van der Waals surface area contributed by atoms with E-state index in [1.54, 1.807) is 0 Å². The van der Waals surface area contributed by atoms with Crippen molar-refractivity contribution in [2.45, 2.75) is 6.42 Å². The molecule has 0 amide bonds. The SMILES string of the molecule is NS(=O)(=O)/C=C/c1ccc(Cc2ccccc2)cc1. The minimum atomic E-state index is -3.56. The van der Waals surface area contributed by atoms with Gasteiger partial charge in [-0.3, -0.25) is 0 Å². The zero-order chi connectivity index (χ0) is 13.7. The average molecular weight is 273 g/mol. The van der Waals surface area contributed by atoms with Crippen molar-refractivity contribution in [1.82, 2.24) is 0 Å². The van der Waals surface area contributed by atoms with Crippen LogP contribution in [0.2, 0.25) is 0 Å². The van der Waals surface area contributed by atoms with Crippen LogP contribution in [0.25, 0.3) is 6.08 Å². The zero-order valence-electron chi connectivity index (χ0n) is 10.4. The molecule has 0 radical (unpaired) electrons. The third-order valence-electron chi connectivity index (χ3n) is 2.68. The molecule has 2 aromatic carbocycles. The van der Waals surface area contributed by atoms with E-state index < -0.39 is 10.0 Å². The molecule has 0 unspecified atom stereocenters. The Kier molecular flexibility index (Phi) is 4.14. The normalized spacial score (nSPS) is 11.8. The van der Waals surface area contributed by atoms with E-state index >= 15 is 0 Å². The molecule has 98 valence electrons. The van der Waals surface area contributed by atoms with Crippen LogP contribution in [0.15, 0.2) is 60.0 Å². The highest BCUT2D eigenvalue weighted by atomic mass is 32.2. The highest BCUT2D eigenvalue weighted by Gasteiger charge is 1.97. The first kappa shape index (κ1) is 13.5. The summed E-state index contributed by atoms with van der Waals surface area (Å²) in [6, 6.07) is 17.9. The lowest BCUT2D eigenvalue weighted by Gasteiger charge is -2.02. The van der Waals surface area contributed by atoms with Gasteiger partial charge in [0.1, 0.15) is 0 Å². The van der Waals surface area contributed by atoms with Gasteiger partial charge in [-0.25, -0.2) is 13.6 Å². The summed E-state index contributed by atoms with van der Waals surface area (Å²) in [5, 5.41) is 5.90. The predicted molar refractivity (Wildman–Crippen MR) is 77.8 cm³/mol. The van der Waals surface area contributed by atoms with E-state index in [1.165, 1.54) is 17.2 Å². The van der Waals surface area contributed by atoms with Gasteiger partial charge in [0.25, 0.3) is 0 Å². The summed E-state index contributed by atoms with van der Waals surface area (Å²) < 4.78 is 21.6. The second kappa shape index (κ2) is 5.82. The van der Waals surface area contributed by atoms with Crippen LogP contribution in [-0.4, -0.2) is 8.42 Å². The van der Waals surface area contributed by atoms with Gasteiger partial charge >= 0.3 is 0 Å². The van der Waals surface area contributed by atoms with Crippen LogP contribution < -0.4 is 5.14 Å². The summed E-state index contributed by atoms with van der Waals surface area (Å²) in [5.74, 6) is 0. The van der Waals surface area contributed by atoms with Gasteiger partial charge in [0.05, 0.1) is 0 Å². The number of nitrogens with two attached hydrogens (primary N) is 1. The first-order valence-electron chi connectivity index (χ1n) is 5.87. The second-order valence-corrected chi connectivity index (χ2v) is 5.75. The highest BCUT2D eigenvalue weighted by Crippen LogP contribution is 2.11. The second-order valence-electron chi connectivity index (χ2n) is 4.30. The van der Waals surface area contributed by atoms with Gasteiger partial charge in [-0.1, -0.05) is 54.6 Å². The van der Waals surface area contributed by atoms with Gasteiger partial charge in [0, 0.05) is 5.41 Å². The van der Waals surface area contributed by atoms with E-state index in [0.29, 0.717) is 0 Å². The third-order valence-corrected chi connectivity index (χ3v) is 3.20. The Balaban J connectivity index is 2.09. The first-order valence-corrected chi connectivity index (χ1v) is 7.48. The summed E-state index contributed by atoms with van der Waals surface area (Å²) in [7, 11) is -3.56. The lowest BCUT2D eigenvalue weighted by Crippen LogP contribution is -2.06. The molecule has 3 nitrogen and oxygen atoms in total. The first-order chi connectivity index (χ1) is 9.03. The molecule has 2 N–H and O–H groups in total. The molecule has 0 aliphatic heterocycles. The Bertz CT molecular complexity index is 659. The number of hydrogen-bond acceptors (Lipinski definition) is 2. The van der Waals surface area contributed by atoms with Gasteiger partial charge in [-0.15, -0.1) is 0 Å². The summed E-state index contributed by atoms with van der Waals surface area (Å²) in [6.07, 6.45) is 2.35. The fraction of sp³-hybridized carbons (Fsp3) is 0.0667. The summed E-state index contributed by atoms with van der Waals surface area (Å²) in [4.78, 5) is 0. The van der Waals surface area contributed by atoms with E-state index in [0.717, 1.165) is 17.4 Å². The number of rotatable bonds is 4. The fourth-order valence-corrected chi connectivity index (χ4v) is 2.10. The van der Waals surface area contributed by atoms with Crippen molar-refractivity contribution in [3.63, 3.8) is 0 Å². The molecule has 0 fully saturated rings. The number of hydrogen-bond donors (Lipinski definition) is 1. The molecule has 4 heteroatoms. The molecule has 0 heterocycles. The molecule has 0 saturated carbocycles. The largest absolute Gasteiger partial charge is 0.231 e. The molecular weight excluding hydrogens is 258 g/mol. The maximum absolute atomic E-state index is 10.8. The van der Waals surface area contributed by atoms with E-state index in [-0.39, 0.29) is 0 Å². The summed E-state index contributed by atoms with van der Waals surface area (Å²) in [5.41, 5.74) is 3.24. The molecule has 0 aliphatic rings. The van der Waals surface area contributed by atoms with Gasteiger partial charge in [0.15, 0.2) is 0 Å². The van der Waals surface area contributed by atoms with Crippen LogP contribution in [0.5, 0.6) is 0 Å². The van der Waals surface area contributed by atoms with Crippen LogP contribution in [-0.2, 0) is 16.4 Å². The van der Waals surface area contributed by atoms with Gasteiger partial charge in [-0.2, -0.15) is 0 Å². The predicted octanol–water partition coefficient (Wildman–Crippen LogP) is 2.54. The minimum Gasteiger partial charge on any atom is -0.225 e. The molecule has 0 aromatic heterocycles. The van der Waals surface area contributed by atoms with Crippen molar-refractivity contribution in [1.29, 1.82) is 0 Å². The Labute approximate surface area is 113 Å². The summed E-state index contributed by atoms with van der Waals surface area (Å²) in [6.45, 7) is 0. The maximum atomic E-state index is 10.8. The average Bonchev–Trinajstić information content (AvgIpc) is 2.38. The Morgan fingerprint density at radius 1 is 0.895 bits per heavy atom. The van der Waals surface area contributed by atoms with Crippen LogP contribution in [0.1, 0.15) is 16.7 Å². The summed E-state index contributed by atoms with van der Waals surface area (Å²) >= 11 is 0. The maximum Gasteiger partial charge on any atom is 0.231 e. The van der Waals surface area contributed by atoms with E-state index in [2.05, 4.69) is 12.1 Å². The zero-order valence-corrected chi connectivity index (χ0v) is 11.2. The molecule has 2 rings (SSSR count). The van der Waals surface area contributed by atoms with E-state index in [1.807, 2.05) is 42.5 Å². The minimum absolute atomic E-state index is 0.811. The topological polar surface area (TPSA) is 60.2 Å². The third kappa shape index (κ3) is 4.69. The molecule has 0 aliphatic carbocycles. The lowest BCUT2D eigenvalue weighted by molar-refractivity contribution is 0.606. The van der Waals surface area contributed by atoms with Crippen molar-refractivity contribution in [2.24, 2.45) is 5.14 Å². The number of benzene rings is 2. The fourth-order valence-electron chi connectivity index (χ4n) is 1.75. The molecule has 0 saturated heterocycles. The van der Waals surface area contributed by atoms with Crippen molar-refractivity contribution in [2.75, 3.05) is 0 Å². The highest BCUT2D eigenvalue weighted by molar-refractivity contribution is 7.92. The van der Waals surface area contributed by atoms with E-state index in [4.69, 9.17) is 5.14 Å². The van der Waals surface area contributed by atoms with Crippen molar-refractivity contribution < 1.29 is 8.42 Å². The van der Waals surface area contributed by atoms with Crippen molar-refractivity contribution >= 4 is 16.1 Å². The lowest BCUT2D eigenvalue weighted by atomic mass is 10.0. The molecule has 2 aromatic rings. The van der Waals surface area contributed by atoms with Gasteiger partial charge in [-0.05, 0) is 29.2 Å². The van der Waals surface area contributed by atoms with Crippen LogP contribution in [0.4, 0.5) is 0 Å². The van der Waals surface area contributed by atoms with Crippen molar-refractivity contribution in [3.8, 4) is 0 Å². The molecule has 0 spiro atoms.